The Labute approximate surface area is 148 Å². The molecule has 0 fully saturated rings. The molecule has 132 valence electrons. The Balaban J connectivity index is 1.81. The van der Waals surface area contributed by atoms with Gasteiger partial charge in [0.1, 0.15) is 0 Å². The topological polar surface area (TPSA) is 71.1 Å². The third kappa shape index (κ3) is 6.37. The fourth-order valence-electron chi connectivity index (χ4n) is 2.56. The van der Waals surface area contributed by atoms with Crippen LogP contribution in [-0.4, -0.2) is 23.3 Å². The van der Waals surface area contributed by atoms with Gasteiger partial charge >= 0.3 is 0 Å². The van der Waals surface area contributed by atoms with Crippen LogP contribution in [0.1, 0.15) is 25.0 Å². The van der Waals surface area contributed by atoms with Crippen LogP contribution in [-0.2, 0) is 22.6 Å². The van der Waals surface area contributed by atoms with Crippen LogP contribution in [0.3, 0.4) is 0 Å². The second-order valence-corrected chi connectivity index (χ2v) is 6.39. The van der Waals surface area contributed by atoms with Crippen molar-refractivity contribution in [2.45, 2.75) is 26.8 Å². The normalized spacial score (nSPS) is 11.8. The fourth-order valence-corrected chi connectivity index (χ4v) is 2.56. The Morgan fingerprint density at radius 2 is 1.64 bits per heavy atom. The minimum Gasteiger partial charge on any atom is -0.350 e. The van der Waals surface area contributed by atoms with E-state index in [0.717, 1.165) is 11.1 Å². The minimum atomic E-state index is -0.202. The number of nitrogens with zero attached hydrogens (tertiary/aromatic N) is 1. The number of carbonyl (C=O) groups excluding carboxylic acids is 2. The van der Waals surface area contributed by atoms with Gasteiger partial charge in [-0.2, -0.15) is 0 Å². The lowest BCUT2D eigenvalue weighted by molar-refractivity contribution is -0.129. The lowest BCUT2D eigenvalue weighted by Gasteiger charge is -2.20. The molecule has 1 aromatic carbocycles. The van der Waals surface area contributed by atoms with Crippen LogP contribution in [0.5, 0.6) is 0 Å². The van der Waals surface area contributed by atoms with E-state index in [1.807, 2.05) is 56.3 Å². The Morgan fingerprint density at radius 3 is 2.28 bits per heavy atom. The molecule has 0 saturated carbocycles. The first kappa shape index (κ1) is 18.6. The van der Waals surface area contributed by atoms with E-state index >= 15 is 0 Å². The second-order valence-electron chi connectivity index (χ2n) is 6.39. The van der Waals surface area contributed by atoms with Gasteiger partial charge < -0.3 is 10.6 Å². The van der Waals surface area contributed by atoms with Crippen molar-refractivity contribution < 1.29 is 9.59 Å². The zero-order chi connectivity index (χ0) is 18.1. The number of hydrogen-bond acceptors (Lipinski definition) is 3. The highest BCUT2D eigenvalue weighted by atomic mass is 16.2. The van der Waals surface area contributed by atoms with E-state index in [4.69, 9.17) is 0 Å². The Kier molecular flexibility index (Phi) is 7.14. The van der Waals surface area contributed by atoms with E-state index < -0.39 is 0 Å². The highest BCUT2D eigenvalue weighted by Gasteiger charge is 2.22. The van der Waals surface area contributed by atoms with Crippen molar-refractivity contribution in [1.82, 2.24) is 15.6 Å². The van der Waals surface area contributed by atoms with Crippen LogP contribution in [0.25, 0.3) is 0 Å². The molecule has 0 unspecified atom stereocenters. The molecule has 1 atom stereocenters. The largest absolute Gasteiger partial charge is 0.350 e. The number of rotatable bonds is 8. The summed E-state index contributed by atoms with van der Waals surface area (Å²) in [6.45, 7) is 4.46. The minimum absolute atomic E-state index is 0.0120. The van der Waals surface area contributed by atoms with Crippen molar-refractivity contribution in [3.05, 3.63) is 66.0 Å². The predicted octanol–water partition coefficient (Wildman–Crippen LogP) is 2.33. The summed E-state index contributed by atoms with van der Waals surface area (Å²) in [6, 6.07) is 13.6. The van der Waals surface area contributed by atoms with Gasteiger partial charge in [0.25, 0.3) is 0 Å². The fraction of sp³-hybridized carbons (Fsp3) is 0.350. The molecule has 2 rings (SSSR count). The second kappa shape index (κ2) is 9.57. The molecule has 0 saturated heterocycles. The molecule has 0 spiro atoms. The molecule has 5 nitrogen and oxygen atoms in total. The summed E-state index contributed by atoms with van der Waals surface area (Å²) in [4.78, 5) is 28.3. The van der Waals surface area contributed by atoms with Crippen molar-refractivity contribution in [1.29, 1.82) is 0 Å². The van der Waals surface area contributed by atoms with E-state index in [1.165, 1.54) is 0 Å². The summed E-state index contributed by atoms with van der Waals surface area (Å²) in [6.07, 6.45) is 4.03. The highest BCUT2D eigenvalue weighted by molar-refractivity contribution is 5.86. The molecule has 1 heterocycles. The molecular weight excluding hydrogens is 314 g/mol. The average molecular weight is 339 g/mol. The quantitative estimate of drug-likeness (QED) is 0.775. The number of nitrogens with one attached hydrogen (secondary N) is 2. The average Bonchev–Trinajstić information content (AvgIpc) is 2.64. The molecule has 5 heteroatoms. The predicted molar refractivity (Wildman–Crippen MR) is 97.6 cm³/mol. The standard InChI is InChI=1S/C20H25N3O2/c1-15(2)18(12-16-6-4-3-5-7-16)20(25)23-14-19(24)22-13-17-8-10-21-11-9-17/h3-11,15,18H,12-14H2,1-2H3,(H,22,24)(H,23,25)/t18-/m1/s1. The van der Waals surface area contributed by atoms with E-state index in [0.29, 0.717) is 13.0 Å². The van der Waals surface area contributed by atoms with Gasteiger partial charge in [0, 0.05) is 24.9 Å². The Hall–Kier alpha value is -2.69. The van der Waals surface area contributed by atoms with Crippen molar-refractivity contribution in [3.8, 4) is 0 Å². The molecule has 0 aliphatic heterocycles. The van der Waals surface area contributed by atoms with Gasteiger partial charge in [0.05, 0.1) is 6.54 Å². The van der Waals surface area contributed by atoms with Crippen molar-refractivity contribution in [3.63, 3.8) is 0 Å². The molecule has 0 aliphatic carbocycles. The number of amides is 2. The van der Waals surface area contributed by atoms with Gasteiger partial charge in [-0.3, -0.25) is 14.6 Å². The first-order valence-electron chi connectivity index (χ1n) is 8.53. The molecule has 0 bridgehead atoms. The van der Waals surface area contributed by atoms with Crippen LogP contribution in [0, 0.1) is 11.8 Å². The summed E-state index contributed by atoms with van der Waals surface area (Å²) in [5, 5.41) is 5.55. The summed E-state index contributed by atoms with van der Waals surface area (Å²) in [5.74, 6) is -0.249. The molecule has 2 N–H and O–H groups in total. The smallest absolute Gasteiger partial charge is 0.239 e. The van der Waals surface area contributed by atoms with Crippen molar-refractivity contribution in [2.24, 2.45) is 11.8 Å². The number of hydrogen-bond donors (Lipinski definition) is 2. The van der Waals surface area contributed by atoms with Gasteiger partial charge in [-0.1, -0.05) is 44.2 Å². The Bertz CT molecular complexity index is 672. The zero-order valence-corrected chi connectivity index (χ0v) is 14.7. The third-order valence-corrected chi connectivity index (χ3v) is 4.10. The lowest BCUT2D eigenvalue weighted by Crippen LogP contribution is -2.41. The maximum atomic E-state index is 12.5. The van der Waals surface area contributed by atoms with Gasteiger partial charge in [-0.05, 0) is 35.6 Å². The van der Waals surface area contributed by atoms with Crippen molar-refractivity contribution >= 4 is 11.8 Å². The monoisotopic (exact) mass is 339 g/mol. The van der Waals surface area contributed by atoms with Gasteiger partial charge in [0.15, 0.2) is 0 Å². The first-order valence-corrected chi connectivity index (χ1v) is 8.53. The lowest BCUT2D eigenvalue weighted by atomic mass is 9.88. The van der Waals surface area contributed by atoms with Crippen LogP contribution < -0.4 is 10.6 Å². The Morgan fingerprint density at radius 1 is 0.960 bits per heavy atom. The molecular formula is C20H25N3O2. The molecule has 0 radical (unpaired) electrons. The van der Waals surface area contributed by atoms with Crippen LogP contribution >= 0.6 is 0 Å². The van der Waals surface area contributed by atoms with E-state index in [9.17, 15) is 9.59 Å². The number of carbonyl (C=O) groups is 2. The maximum absolute atomic E-state index is 12.5. The van der Waals surface area contributed by atoms with Crippen molar-refractivity contribution in [2.75, 3.05) is 6.54 Å². The maximum Gasteiger partial charge on any atom is 0.239 e. The van der Waals surface area contributed by atoms with Crippen LogP contribution in [0.4, 0.5) is 0 Å². The third-order valence-electron chi connectivity index (χ3n) is 4.10. The number of pyridine rings is 1. The molecule has 0 aliphatic rings. The SMILES string of the molecule is CC(C)[C@@H](Cc1ccccc1)C(=O)NCC(=O)NCc1ccncc1. The van der Waals surface area contributed by atoms with Gasteiger partial charge in [0.2, 0.25) is 11.8 Å². The van der Waals surface area contributed by atoms with E-state index in [2.05, 4.69) is 15.6 Å². The highest BCUT2D eigenvalue weighted by Crippen LogP contribution is 2.17. The van der Waals surface area contributed by atoms with Crippen LogP contribution in [0.15, 0.2) is 54.9 Å². The molecule has 2 amide bonds. The number of benzene rings is 1. The number of aromatic nitrogens is 1. The van der Waals surface area contributed by atoms with Gasteiger partial charge in [-0.15, -0.1) is 0 Å². The van der Waals surface area contributed by atoms with E-state index in [1.54, 1.807) is 12.4 Å². The molecule has 25 heavy (non-hydrogen) atoms. The van der Waals surface area contributed by atoms with Crippen LogP contribution in [0.2, 0.25) is 0 Å². The summed E-state index contributed by atoms with van der Waals surface area (Å²) in [7, 11) is 0. The molecule has 2 aromatic rings. The first-order chi connectivity index (χ1) is 12.1. The summed E-state index contributed by atoms with van der Waals surface area (Å²) in [5.41, 5.74) is 2.09. The molecule has 1 aromatic heterocycles. The zero-order valence-electron chi connectivity index (χ0n) is 14.7. The summed E-state index contributed by atoms with van der Waals surface area (Å²) < 4.78 is 0. The summed E-state index contributed by atoms with van der Waals surface area (Å²) >= 11 is 0. The van der Waals surface area contributed by atoms with E-state index in [-0.39, 0.29) is 30.2 Å². The van der Waals surface area contributed by atoms with Gasteiger partial charge in [-0.25, -0.2) is 0 Å².